The molecule has 0 saturated carbocycles. The van der Waals surface area contributed by atoms with E-state index in [0.29, 0.717) is 6.61 Å². The van der Waals surface area contributed by atoms with Gasteiger partial charge < -0.3 is 10.6 Å². The molecule has 6 nitrogen and oxygen atoms in total. The van der Waals surface area contributed by atoms with Crippen molar-refractivity contribution in [3.8, 4) is 0 Å². The van der Waals surface area contributed by atoms with E-state index in [1.165, 1.54) is 6.92 Å². The second-order valence-electron chi connectivity index (χ2n) is 1.32. The van der Waals surface area contributed by atoms with E-state index in [0.717, 1.165) is 6.34 Å². The highest BCUT2D eigenvalue weighted by molar-refractivity contribution is 5.65. The van der Waals surface area contributed by atoms with E-state index in [4.69, 9.17) is 5.53 Å². The van der Waals surface area contributed by atoms with E-state index < -0.39 is 0 Å². The van der Waals surface area contributed by atoms with Crippen LogP contribution in [0.5, 0.6) is 0 Å². The van der Waals surface area contributed by atoms with Crippen molar-refractivity contribution >= 4 is 12.3 Å². The van der Waals surface area contributed by atoms with Gasteiger partial charge in [-0.05, 0) is 6.92 Å². The van der Waals surface area contributed by atoms with Gasteiger partial charge in [-0.15, -0.1) is 5.11 Å². The fraction of sp³-hybridized carbons (Fsp3) is 0.600. The number of carbonyl (C=O) groups is 1. The molecule has 0 amide bonds. The molecule has 0 bridgehead atoms. The summed E-state index contributed by atoms with van der Waals surface area (Å²) in [6, 6.07) is 0. The molecule has 0 heterocycles. The van der Waals surface area contributed by atoms with Crippen molar-refractivity contribution in [1.29, 1.82) is 5.53 Å². The maximum absolute atomic E-state index is 9.82. The predicted molar refractivity (Wildman–Crippen MR) is 40.1 cm³/mol. The standard InChI is InChI=1S/C4H8O2.CH4N4/c1-3-6-4(2)5;2-4-1-5-3/h3H2,1-2H3;1-2H,3H2. The Bertz CT molecular complexity index is 134. The van der Waals surface area contributed by atoms with Crippen LogP contribution in [0, 0.1) is 5.53 Å². The van der Waals surface area contributed by atoms with E-state index in [1.807, 2.05) is 0 Å². The minimum Gasteiger partial charge on any atom is -0.466 e. The number of nitrogens with one attached hydrogen (secondary N) is 1. The van der Waals surface area contributed by atoms with E-state index in [1.54, 1.807) is 6.92 Å². The summed E-state index contributed by atoms with van der Waals surface area (Å²) in [7, 11) is 0. The molecule has 3 N–H and O–H groups in total. The third-order valence-electron chi connectivity index (χ3n) is 0.472. The van der Waals surface area contributed by atoms with Crippen LogP contribution in [0.25, 0.3) is 0 Å². The number of hydrogen-bond acceptors (Lipinski definition) is 5. The van der Waals surface area contributed by atoms with Crippen LogP contribution in [0.15, 0.2) is 10.2 Å². The lowest BCUT2D eigenvalue weighted by molar-refractivity contribution is -0.140. The minimum absolute atomic E-state index is 0.211. The Morgan fingerprint density at radius 3 is 2.36 bits per heavy atom. The Labute approximate surface area is 64.9 Å². The van der Waals surface area contributed by atoms with E-state index >= 15 is 0 Å². The number of rotatable bonds is 2. The topological polar surface area (TPSA) is 101 Å². The molecule has 0 spiro atoms. The highest BCUT2D eigenvalue weighted by Crippen LogP contribution is 1.69. The maximum Gasteiger partial charge on any atom is 0.302 e. The number of ether oxygens (including phenoxy) is 1. The van der Waals surface area contributed by atoms with Gasteiger partial charge in [-0.2, -0.15) is 5.10 Å². The third-order valence-corrected chi connectivity index (χ3v) is 0.472. The lowest BCUT2D eigenvalue weighted by Gasteiger charge is -1.89. The molecule has 0 aromatic heterocycles. The molecule has 0 saturated heterocycles. The molecular weight excluding hydrogens is 148 g/mol. The third kappa shape index (κ3) is 29.1. The summed E-state index contributed by atoms with van der Waals surface area (Å²) in [6.45, 7) is 3.65. The molecule has 0 radical (unpaired) electrons. The number of carbonyl (C=O) groups excluding carboxylic acids is 1. The lowest BCUT2D eigenvalue weighted by Crippen LogP contribution is -1.95. The minimum atomic E-state index is -0.211. The van der Waals surface area contributed by atoms with Gasteiger partial charge in [-0.1, -0.05) is 0 Å². The number of hydrogen-bond donors (Lipinski definition) is 2. The normalized spacial score (nSPS) is 8.18. The van der Waals surface area contributed by atoms with Gasteiger partial charge in [0.2, 0.25) is 0 Å². The summed E-state index contributed by atoms with van der Waals surface area (Å²) in [4.78, 5) is 9.82. The monoisotopic (exact) mass is 160 g/mol. The first-order valence-corrected chi connectivity index (χ1v) is 2.90. The van der Waals surface area contributed by atoms with Crippen LogP contribution < -0.4 is 5.84 Å². The molecule has 0 aliphatic carbocycles. The number of hydrazone groups is 1. The highest BCUT2D eigenvalue weighted by atomic mass is 16.5. The molecule has 0 atom stereocenters. The van der Waals surface area contributed by atoms with Gasteiger partial charge in [0.05, 0.1) is 6.61 Å². The quantitative estimate of drug-likeness (QED) is 0.153. The second-order valence-corrected chi connectivity index (χ2v) is 1.32. The zero-order valence-corrected chi connectivity index (χ0v) is 6.57. The van der Waals surface area contributed by atoms with E-state index in [9.17, 15) is 4.79 Å². The van der Waals surface area contributed by atoms with Gasteiger partial charge in [0.15, 0.2) is 6.34 Å². The predicted octanol–water partition coefficient (Wildman–Crippen LogP) is 0.489. The Hall–Kier alpha value is -1.46. The van der Waals surface area contributed by atoms with Gasteiger partial charge in [0, 0.05) is 6.92 Å². The lowest BCUT2D eigenvalue weighted by atomic mass is 10.8. The molecule has 0 aliphatic rings. The average molecular weight is 160 g/mol. The number of esters is 1. The zero-order valence-electron chi connectivity index (χ0n) is 6.57. The van der Waals surface area contributed by atoms with Crippen molar-refractivity contribution in [3.05, 3.63) is 0 Å². The molecule has 11 heavy (non-hydrogen) atoms. The molecule has 0 rings (SSSR count). The highest BCUT2D eigenvalue weighted by Gasteiger charge is 1.81. The van der Waals surface area contributed by atoms with Crippen LogP contribution in [-0.2, 0) is 9.53 Å². The van der Waals surface area contributed by atoms with Crippen LogP contribution >= 0.6 is 0 Å². The van der Waals surface area contributed by atoms with Crippen molar-refractivity contribution in [2.75, 3.05) is 6.61 Å². The average Bonchev–Trinajstić information content (AvgIpc) is 1.90. The Morgan fingerprint density at radius 1 is 1.82 bits per heavy atom. The largest absolute Gasteiger partial charge is 0.466 e. The van der Waals surface area contributed by atoms with Gasteiger partial charge in [0.1, 0.15) is 0 Å². The van der Waals surface area contributed by atoms with Crippen LogP contribution in [0.1, 0.15) is 13.8 Å². The molecule has 0 aliphatic heterocycles. The molecule has 6 heteroatoms. The molecule has 0 aromatic carbocycles. The number of nitrogens with two attached hydrogens (primary N) is 1. The van der Waals surface area contributed by atoms with Gasteiger partial charge >= 0.3 is 5.97 Å². The fourth-order valence-electron chi connectivity index (χ4n) is 0.237. The first-order chi connectivity index (χ1) is 5.18. The van der Waals surface area contributed by atoms with Crippen LogP contribution in [0.3, 0.4) is 0 Å². The van der Waals surface area contributed by atoms with Crippen molar-refractivity contribution in [1.82, 2.24) is 0 Å². The van der Waals surface area contributed by atoms with Gasteiger partial charge in [-0.25, -0.2) is 5.53 Å². The second kappa shape index (κ2) is 11.4. The van der Waals surface area contributed by atoms with Crippen molar-refractivity contribution in [2.45, 2.75) is 13.8 Å². The summed E-state index contributed by atoms with van der Waals surface area (Å²) in [5.74, 6) is 4.28. The Morgan fingerprint density at radius 2 is 2.36 bits per heavy atom. The first-order valence-electron chi connectivity index (χ1n) is 2.90. The molecule has 0 fully saturated rings. The molecule has 64 valence electrons. The first kappa shape index (κ1) is 12.2. The smallest absolute Gasteiger partial charge is 0.302 e. The van der Waals surface area contributed by atoms with Crippen molar-refractivity contribution in [3.63, 3.8) is 0 Å². The van der Waals surface area contributed by atoms with Crippen LogP contribution in [-0.4, -0.2) is 18.9 Å². The van der Waals surface area contributed by atoms with Crippen molar-refractivity contribution < 1.29 is 9.53 Å². The van der Waals surface area contributed by atoms with Gasteiger partial charge in [0.25, 0.3) is 0 Å². The van der Waals surface area contributed by atoms with Crippen LogP contribution in [0.4, 0.5) is 0 Å². The fourth-order valence-corrected chi connectivity index (χ4v) is 0.237. The van der Waals surface area contributed by atoms with E-state index in [-0.39, 0.29) is 5.97 Å². The summed E-state index contributed by atoms with van der Waals surface area (Å²) < 4.78 is 4.40. The summed E-state index contributed by atoms with van der Waals surface area (Å²) in [5, 5.41) is 5.56. The Balaban J connectivity index is 0. The number of nitrogens with zero attached hydrogens (tertiary/aromatic N) is 2. The van der Waals surface area contributed by atoms with Crippen LogP contribution in [0.2, 0.25) is 0 Å². The molecule has 0 unspecified atom stereocenters. The summed E-state index contributed by atoms with van der Waals surface area (Å²) in [6.07, 6.45) is 0.944. The summed E-state index contributed by atoms with van der Waals surface area (Å²) >= 11 is 0. The Kier molecular flexibility index (Phi) is 12.6. The molecule has 0 aromatic rings. The molecular formula is C5H12N4O2. The van der Waals surface area contributed by atoms with Gasteiger partial charge in [-0.3, -0.25) is 4.79 Å². The zero-order chi connectivity index (χ0) is 9.11. The van der Waals surface area contributed by atoms with Crippen molar-refractivity contribution in [2.24, 2.45) is 16.1 Å². The SMILES string of the molecule is CCOC(C)=O.N=NC=NN. The van der Waals surface area contributed by atoms with E-state index in [2.05, 4.69) is 20.8 Å². The maximum atomic E-state index is 9.82. The summed E-state index contributed by atoms with van der Waals surface area (Å²) in [5.41, 5.74) is 6.00.